The molecule has 0 bridgehead atoms. The van der Waals surface area contributed by atoms with Gasteiger partial charge in [0.05, 0.1) is 6.08 Å². The van der Waals surface area contributed by atoms with Crippen LogP contribution in [0.5, 0.6) is 0 Å². The number of aliphatic carboxylic acids is 1. The predicted molar refractivity (Wildman–Crippen MR) is 77.6 cm³/mol. The summed E-state index contributed by atoms with van der Waals surface area (Å²) in [7, 11) is 0. The fourth-order valence-electron chi connectivity index (χ4n) is 2.17. The molecule has 2 aromatic carbocycles. The maximum absolute atomic E-state index is 10.9. The van der Waals surface area contributed by atoms with Crippen LogP contribution in [0.1, 0.15) is 5.56 Å². The van der Waals surface area contributed by atoms with Gasteiger partial charge in [-0.2, -0.15) is 0 Å². The maximum atomic E-state index is 10.9. The van der Waals surface area contributed by atoms with Gasteiger partial charge in [0, 0.05) is 10.8 Å². The summed E-state index contributed by atoms with van der Waals surface area (Å²) in [5.74, 6) is -1.02. The van der Waals surface area contributed by atoms with Crippen molar-refractivity contribution < 1.29 is 14.3 Å². The molecule has 3 aromatic rings. The zero-order valence-electron chi connectivity index (χ0n) is 10.6. The molecule has 98 valence electrons. The van der Waals surface area contributed by atoms with Crippen molar-refractivity contribution in [1.82, 2.24) is 0 Å². The van der Waals surface area contributed by atoms with Gasteiger partial charge in [-0.15, -0.1) is 0 Å². The van der Waals surface area contributed by atoms with E-state index in [2.05, 4.69) is 0 Å². The molecule has 3 heteroatoms. The Morgan fingerprint density at radius 3 is 2.15 bits per heavy atom. The molecule has 0 aliphatic rings. The Balaban J connectivity index is 2.33. The van der Waals surface area contributed by atoms with Gasteiger partial charge in [-0.25, -0.2) is 4.79 Å². The molecule has 0 saturated carbocycles. The third-order valence-electron chi connectivity index (χ3n) is 3.03. The first-order chi connectivity index (χ1) is 9.74. The average Bonchev–Trinajstić information content (AvgIpc) is 2.78. The highest BCUT2D eigenvalue weighted by Gasteiger charge is 2.03. The molecule has 0 amide bonds. The van der Waals surface area contributed by atoms with Gasteiger partial charge in [-0.3, -0.25) is 0 Å². The number of furan rings is 1. The van der Waals surface area contributed by atoms with Crippen molar-refractivity contribution in [1.29, 1.82) is 0 Å². The summed E-state index contributed by atoms with van der Waals surface area (Å²) >= 11 is 0. The van der Waals surface area contributed by atoms with Gasteiger partial charge in [0.2, 0.25) is 0 Å². The van der Waals surface area contributed by atoms with Crippen LogP contribution in [0.2, 0.25) is 0 Å². The van der Waals surface area contributed by atoms with E-state index in [-0.39, 0.29) is 0 Å². The lowest BCUT2D eigenvalue weighted by Crippen LogP contribution is -2.04. The number of carboxylic acid groups (broad SMARTS) is 1. The Bertz CT molecular complexity index is 873. The molecule has 0 atom stereocenters. The number of benzene rings is 2. The summed E-state index contributed by atoms with van der Waals surface area (Å²) in [6.45, 7) is 0. The Morgan fingerprint density at radius 2 is 1.50 bits per heavy atom. The topological polar surface area (TPSA) is 50.4 Å². The Hall–Kier alpha value is -2.81. The lowest BCUT2D eigenvalue weighted by molar-refractivity contribution is -0.129. The first kappa shape index (κ1) is 12.2. The Labute approximate surface area is 115 Å². The van der Waals surface area contributed by atoms with E-state index in [4.69, 9.17) is 9.52 Å². The van der Waals surface area contributed by atoms with E-state index >= 15 is 0 Å². The summed E-state index contributed by atoms with van der Waals surface area (Å²) in [4.78, 5) is 10.9. The fourth-order valence-corrected chi connectivity index (χ4v) is 2.17. The average molecular weight is 264 g/mol. The number of rotatable bonds is 2. The second-order valence-corrected chi connectivity index (χ2v) is 4.41. The largest absolute Gasteiger partial charge is 0.478 e. The standard InChI is InChI=1S/C17H12O3/c18-17(19)11-16-14-9-5-4-8-13(14)15(20-16)10-12-6-2-1-3-7-12/h1-11H,(H,18,19)/b15-10+,16-11+. The molecule has 0 aliphatic carbocycles. The van der Waals surface area contributed by atoms with Crippen molar-refractivity contribution in [2.24, 2.45) is 0 Å². The van der Waals surface area contributed by atoms with E-state index < -0.39 is 5.97 Å². The fraction of sp³-hybridized carbons (Fsp3) is 0. The zero-order valence-corrected chi connectivity index (χ0v) is 10.6. The van der Waals surface area contributed by atoms with Crippen LogP contribution in [0, 0.1) is 0 Å². The molecular weight excluding hydrogens is 252 g/mol. The summed E-state index contributed by atoms with van der Waals surface area (Å²) < 4.78 is 5.69. The summed E-state index contributed by atoms with van der Waals surface area (Å²) in [6, 6.07) is 17.3. The lowest BCUT2D eigenvalue weighted by Gasteiger charge is -1.89. The highest BCUT2D eigenvalue weighted by Crippen LogP contribution is 2.06. The SMILES string of the molecule is O=C(O)/C=c1/o/c(=C/c2ccccc2)c2ccccc12. The number of hydrogen-bond acceptors (Lipinski definition) is 2. The number of fused-ring (bicyclic) bond motifs is 1. The quantitative estimate of drug-likeness (QED) is 0.771. The molecular formula is C17H12O3. The molecule has 0 fully saturated rings. The maximum Gasteiger partial charge on any atom is 0.332 e. The molecule has 3 rings (SSSR count). The molecule has 1 N–H and O–H groups in total. The van der Waals surface area contributed by atoms with Crippen molar-refractivity contribution in [3.63, 3.8) is 0 Å². The van der Waals surface area contributed by atoms with Crippen LogP contribution >= 0.6 is 0 Å². The van der Waals surface area contributed by atoms with Crippen LogP contribution in [0.3, 0.4) is 0 Å². The van der Waals surface area contributed by atoms with E-state index in [1.54, 1.807) is 0 Å². The predicted octanol–water partition coefficient (Wildman–Crippen LogP) is 2.13. The van der Waals surface area contributed by atoms with Gasteiger partial charge < -0.3 is 9.52 Å². The van der Waals surface area contributed by atoms with Gasteiger partial charge in [-0.05, 0) is 11.6 Å². The number of carboxylic acids is 1. The number of hydrogen-bond donors (Lipinski definition) is 1. The van der Waals surface area contributed by atoms with Crippen molar-refractivity contribution >= 4 is 28.9 Å². The minimum atomic E-state index is -1.02. The van der Waals surface area contributed by atoms with Crippen LogP contribution in [-0.4, -0.2) is 11.1 Å². The first-order valence-electron chi connectivity index (χ1n) is 6.23. The van der Waals surface area contributed by atoms with Gasteiger partial charge in [-0.1, -0.05) is 54.6 Å². The molecule has 0 unspecified atom stereocenters. The lowest BCUT2D eigenvalue weighted by atomic mass is 10.1. The highest BCUT2D eigenvalue weighted by atomic mass is 16.4. The van der Waals surface area contributed by atoms with Crippen LogP contribution in [0.4, 0.5) is 0 Å². The highest BCUT2D eigenvalue weighted by molar-refractivity contribution is 6.00. The van der Waals surface area contributed by atoms with Crippen molar-refractivity contribution in [2.45, 2.75) is 0 Å². The molecule has 3 nitrogen and oxygen atoms in total. The summed E-state index contributed by atoms with van der Waals surface area (Å²) in [6.07, 6.45) is 2.99. The second-order valence-electron chi connectivity index (χ2n) is 4.41. The van der Waals surface area contributed by atoms with Crippen molar-refractivity contribution in [2.75, 3.05) is 0 Å². The third-order valence-corrected chi connectivity index (χ3v) is 3.03. The van der Waals surface area contributed by atoms with Gasteiger partial charge in [0.15, 0.2) is 0 Å². The van der Waals surface area contributed by atoms with Gasteiger partial charge in [0.1, 0.15) is 10.8 Å². The zero-order chi connectivity index (χ0) is 13.9. The van der Waals surface area contributed by atoms with Crippen molar-refractivity contribution in [3.05, 3.63) is 71.0 Å². The molecule has 0 radical (unpaired) electrons. The van der Waals surface area contributed by atoms with Crippen LogP contribution in [0.15, 0.2) is 59.0 Å². The van der Waals surface area contributed by atoms with Crippen molar-refractivity contribution in [3.8, 4) is 0 Å². The summed E-state index contributed by atoms with van der Waals surface area (Å²) in [5, 5.41) is 10.6. The van der Waals surface area contributed by atoms with Gasteiger partial charge in [0.25, 0.3) is 0 Å². The molecule has 1 aromatic heterocycles. The molecule has 0 aliphatic heterocycles. The normalized spacial score (nSPS) is 13.0. The van der Waals surface area contributed by atoms with Crippen LogP contribution in [0.25, 0.3) is 22.9 Å². The first-order valence-corrected chi connectivity index (χ1v) is 6.23. The van der Waals surface area contributed by atoms with Gasteiger partial charge >= 0.3 is 5.97 Å². The van der Waals surface area contributed by atoms with E-state index in [9.17, 15) is 4.79 Å². The smallest absolute Gasteiger partial charge is 0.332 e. The minimum Gasteiger partial charge on any atom is -0.478 e. The minimum absolute atomic E-state index is 0.371. The third kappa shape index (κ3) is 2.34. The Kier molecular flexibility index (Phi) is 3.09. The van der Waals surface area contributed by atoms with E-state index in [0.717, 1.165) is 22.4 Å². The Morgan fingerprint density at radius 1 is 0.900 bits per heavy atom. The number of carbonyl (C=O) groups is 1. The summed E-state index contributed by atoms with van der Waals surface area (Å²) in [5.41, 5.74) is 2.04. The molecule has 20 heavy (non-hydrogen) atoms. The van der Waals surface area contributed by atoms with Crippen LogP contribution in [-0.2, 0) is 4.79 Å². The van der Waals surface area contributed by atoms with E-state index in [1.807, 2.05) is 60.7 Å². The van der Waals surface area contributed by atoms with Crippen LogP contribution < -0.4 is 10.8 Å². The molecule has 0 spiro atoms. The van der Waals surface area contributed by atoms with E-state index in [0.29, 0.717) is 10.8 Å². The van der Waals surface area contributed by atoms with E-state index in [1.165, 1.54) is 0 Å². The second kappa shape index (κ2) is 5.05. The monoisotopic (exact) mass is 264 g/mol. The molecule has 0 saturated heterocycles. The molecule has 1 heterocycles.